The second-order valence-electron chi connectivity index (χ2n) is 4.03. The number of thioether (sulfide) groups is 1. The predicted molar refractivity (Wildman–Crippen MR) is 67.7 cm³/mol. The number of hydrogen-bond acceptors (Lipinski definition) is 3. The third kappa shape index (κ3) is 2.34. The van der Waals surface area contributed by atoms with Crippen LogP contribution in [0.1, 0.15) is 25.0 Å². The molecule has 0 atom stereocenters. The van der Waals surface area contributed by atoms with Gasteiger partial charge in [-0.25, -0.2) is 4.98 Å². The number of aromatic nitrogens is 1. The van der Waals surface area contributed by atoms with Gasteiger partial charge in [0.25, 0.3) is 0 Å². The molecule has 4 heteroatoms. The number of nitrogens with zero attached hydrogens (tertiary/aromatic N) is 1. The van der Waals surface area contributed by atoms with Gasteiger partial charge in [0.2, 0.25) is 0 Å². The maximum atomic E-state index is 4.47. The van der Waals surface area contributed by atoms with E-state index in [1.807, 2.05) is 11.8 Å². The van der Waals surface area contributed by atoms with E-state index in [9.17, 15) is 0 Å². The van der Waals surface area contributed by atoms with E-state index >= 15 is 0 Å². The van der Waals surface area contributed by atoms with Crippen molar-refractivity contribution >= 4 is 39.0 Å². The number of aryl methyl sites for hydroxylation is 1. The van der Waals surface area contributed by atoms with E-state index in [4.69, 9.17) is 0 Å². The topological polar surface area (TPSA) is 12.9 Å². The van der Waals surface area contributed by atoms with Crippen LogP contribution in [0, 0.1) is 12.3 Å². The minimum absolute atomic E-state index is 0.574. The fraction of sp³-hybridized carbons (Fsp3) is 0.700. The van der Waals surface area contributed by atoms with Gasteiger partial charge in [0.05, 0.1) is 0 Å². The summed E-state index contributed by atoms with van der Waals surface area (Å²) in [5.74, 6) is 1.23. The second kappa shape index (κ2) is 4.54. The Kier molecular flexibility index (Phi) is 3.55. The molecule has 0 bridgehead atoms. The Labute approximate surface area is 102 Å². The largest absolute Gasteiger partial charge is 0.235 e. The average Bonchev–Trinajstić information content (AvgIpc) is 2.50. The molecule has 0 amide bonds. The molecule has 1 nitrogen and oxygen atoms in total. The van der Waals surface area contributed by atoms with Crippen molar-refractivity contribution in [3.8, 4) is 0 Å². The molecule has 14 heavy (non-hydrogen) atoms. The summed E-state index contributed by atoms with van der Waals surface area (Å²) in [7, 11) is 0. The van der Waals surface area contributed by atoms with Gasteiger partial charge in [-0.15, -0.1) is 11.3 Å². The van der Waals surface area contributed by atoms with Crippen LogP contribution in [0.3, 0.4) is 0 Å². The molecule has 1 fully saturated rings. The highest BCUT2D eigenvalue weighted by atomic mass is 79.9. The van der Waals surface area contributed by atoms with Crippen molar-refractivity contribution in [2.24, 2.45) is 5.41 Å². The van der Waals surface area contributed by atoms with Crippen molar-refractivity contribution in [1.29, 1.82) is 0 Å². The van der Waals surface area contributed by atoms with Gasteiger partial charge in [-0.2, -0.15) is 0 Å². The van der Waals surface area contributed by atoms with Crippen LogP contribution in [0.25, 0.3) is 0 Å². The first-order chi connectivity index (χ1) is 6.74. The normalized spacial score (nSPS) is 19.3. The molecule has 78 valence electrons. The monoisotopic (exact) mass is 291 g/mol. The van der Waals surface area contributed by atoms with Crippen molar-refractivity contribution in [2.75, 3.05) is 11.1 Å². The first-order valence-electron chi connectivity index (χ1n) is 4.85. The van der Waals surface area contributed by atoms with Gasteiger partial charge in [-0.05, 0) is 25.2 Å². The first-order valence-corrected chi connectivity index (χ1v) is 7.84. The molecule has 1 saturated carbocycles. The summed E-state index contributed by atoms with van der Waals surface area (Å²) in [6.45, 7) is 2.06. The van der Waals surface area contributed by atoms with E-state index in [1.54, 1.807) is 11.3 Å². The zero-order chi connectivity index (χ0) is 10.0. The summed E-state index contributed by atoms with van der Waals surface area (Å²) >= 11 is 7.33. The first kappa shape index (κ1) is 11.0. The molecule has 1 aromatic rings. The SMILES string of the molecule is Cc1csc(SCC2(CBr)CCC2)n1. The lowest BCUT2D eigenvalue weighted by atomic mass is 9.72. The summed E-state index contributed by atoms with van der Waals surface area (Å²) in [5, 5.41) is 3.28. The molecule has 1 aliphatic carbocycles. The maximum Gasteiger partial charge on any atom is 0.150 e. The Morgan fingerprint density at radius 2 is 2.43 bits per heavy atom. The van der Waals surface area contributed by atoms with Gasteiger partial charge in [-0.3, -0.25) is 0 Å². The van der Waals surface area contributed by atoms with E-state index in [-0.39, 0.29) is 0 Å². The Bertz CT molecular complexity index is 301. The Balaban J connectivity index is 1.87. The third-order valence-corrected chi connectivity index (χ3v) is 6.48. The molecule has 1 heterocycles. The Morgan fingerprint density at radius 1 is 1.64 bits per heavy atom. The maximum absolute atomic E-state index is 4.47. The van der Waals surface area contributed by atoms with Crippen LogP contribution >= 0.6 is 39.0 Å². The Morgan fingerprint density at radius 3 is 2.86 bits per heavy atom. The van der Waals surface area contributed by atoms with Crippen LogP contribution in [-0.2, 0) is 0 Å². The summed E-state index contributed by atoms with van der Waals surface area (Å²) in [6, 6.07) is 0. The number of rotatable bonds is 4. The van der Waals surface area contributed by atoms with Crippen molar-refractivity contribution in [3.63, 3.8) is 0 Å². The lowest BCUT2D eigenvalue weighted by Crippen LogP contribution is -2.33. The lowest BCUT2D eigenvalue weighted by molar-refractivity contribution is 0.206. The van der Waals surface area contributed by atoms with Gasteiger partial charge in [-0.1, -0.05) is 34.1 Å². The van der Waals surface area contributed by atoms with E-state index < -0.39 is 0 Å². The standard InChI is InChI=1S/C10H14BrNS2/c1-8-5-13-9(12-8)14-7-10(6-11)3-2-4-10/h5H,2-4,6-7H2,1H3. The minimum atomic E-state index is 0.574. The molecule has 0 unspecified atom stereocenters. The molecule has 0 aromatic carbocycles. The highest BCUT2D eigenvalue weighted by Gasteiger charge is 2.35. The summed E-state index contributed by atoms with van der Waals surface area (Å²) in [5.41, 5.74) is 1.73. The molecular weight excluding hydrogens is 278 g/mol. The summed E-state index contributed by atoms with van der Waals surface area (Å²) < 4.78 is 1.23. The fourth-order valence-electron chi connectivity index (χ4n) is 1.61. The smallest absolute Gasteiger partial charge is 0.150 e. The molecule has 0 aliphatic heterocycles. The molecule has 0 N–H and O–H groups in total. The van der Waals surface area contributed by atoms with Crippen LogP contribution in [0.15, 0.2) is 9.72 Å². The predicted octanol–water partition coefficient (Wildman–Crippen LogP) is 4.11. The lowest BCUT2D eigenvalue weighted by Gasteiger charge is -2.40. The van der Waals surface area contributed by atoms with Gasteiger partial charge in [0, 0.05) is 22.2 Å². The zero-order valence-corrected chi connectivity index (χ0v) is 11.5. The number of alkyl halides is 1. The molecule has 1 aliphatic rings. The van der Waals surface area contributed by atoms with E-state index in [0.717, 1.165) is 11.0 Å². The van der Waals surface area contributed by atoms with Crippen molar-refractivity contribution in [1.82, 2.24) is 4.98 Å². The van der Waals surface area contributed by atoms with E-state index in [2.05, 4.69) is 33.2 Å². The summed E-state index contributed by atoms with van der Waals surface area (Å²) in [6.07, 6.45) is 4.17. The van der Waals surface area contributed by atoms with E-state index in [0.29, 0.717) is 5.41 Å². The van der Waals surface area contributed by atoms with E-state index in [1.165, 1.54) is 29.4 Å². The molecule has 1 aromatic heterocycles. The average molecular weight is 292 g/mol. The molecule has 2 rings (SSSR count). The molecule has 0 spiro atoms. The van der Waals surface area contributed by atoms with Gasteiger partial charge in [0.1, 0.15) is 4.34 Å². The van der Waals surface area contributed by atoms with Gasteiger partial charge < -0.3 is 0 Å². The van der Waals surface area contributed by atoms with Crippen molar-refractivity contribution in [2.45, 2.75) is 30.5 Å². The van der Waals surface area contributed by atoms with Crippen molar-refractivity contribution < 1.29 is 0 Å². The molecule has 0 radical (unpaired) electrons. The zero-order valence-electron chi connectivity index (χ0n) is 8.25. The minimum Gasteiger partial charge on any atom is -0.235 e. The van der Waals surface area contributed by atoms with Gasteiger partial charge >= 0.3 is 0 Å². The highest BCUT2D eigenvalue weighted by molar-refractivity contribution is 9.09. The molecule has 0 saturated heterocycles. The van der Waals surface area contributed by atoms with Crippen LogP contribution < -0.4 is 0 Å². The Hall–Kier alpha value is 0.460. The van der Waals surface area contributed by atoms with Crippen molar-refractivity contribution in [3.05, 3.63) is 11.1 Å². The fourth-order valence-corrected chi connectivity index (χ4v) is 4.77. The van der Waals surface area contributed by atoms with Crippen LogP contribution in [-0.4, -0.2) is 16.1 Å². The van der Waals surface area contributed by atoms with Crippen LogP contribution in [0.2, 0.25) is 0 Å². The second-order valence-corrected chi connectivity index (χ2v) is 6.67. The number of thiazole rings is 1. The molecular formula is C10H14BrNS2. The third-order valence-electron chi connectivity index (χ3n) is 2.80. The van der Waals surface area contributed by atoms with Crippen LogP contribution in [0.5, 0.6) is 0 Å². The number of hydrogen-bond donors (Lipinski definition) is 0. The summed E-state index contributed by atoms with van der Waals surface area (Å²) in [4.78, 5) is 4.47. The highest BCUT2D eigenvalue weighted by Crippen LogP contribution is 2.46. The number of halogens is 1. The van der Waals surface area contributed by atoms with Crippen LogP contribution in [0.4, 0.5) is 0 Å². The quantitative estimate of drug-likeness (QED) is 0.612. The van der Waals surface area contributed by atoms with Gasteiger partial charge in [0.15, 0.2) is 0 Å².